The van der Waals surface area contributed by atoms with Crippen LogP contribution in [0.25, 0.3) is 0 Å². The van der Waals surface area contributed by atoms with Crippen molar-refractivity contribution >= 4 is 11.6 Å². The topological polar surface area (TPSA) is 73.6 Å². The van der Waals surface area contributed by atoms with Gasteiger partial charge in [-0.2, -0.15) is 0 Å². The van der Waals surface area contributed by atoms with Gasteiger partial charge in [0.15, 0.2) is 0 Å². The summed E-state index contributed by atoms with van der Waals surface area (Å²) in [6.07, 6.45) is 5.79. The van der Waals surface area contributed by atoms with Crippen molar-refractivity contribution in [1.82, 2.24) is 0 Å². The van der Waals surface area contributed by atoms with Gasteiger partial charge in [0.25, 0.3) is 0 Å². The Labute approximate surface area is 131 Å². The highest BCUT2D eigenvalue weighted by atomic mass is 16.5. The number of hydrogen-bond acceptors (Lipinski definition) is 4. The SMILES string of the molecule is NC1(C(=O)Nc2ccccc2OCC2CCCO2)CCCC1. The van der Waals surface area contributed by atoms with Crippen molar-refractivity contribution in [3.63, 3.8) is 0 Å². The molecule has 0 aromatic heterocycles. The lowest BCUT2D eigenvalue weighted by Gasteiger charge is -2.23. The highest BCUT2D eigenvalue weighted by Crippen LogP contribution is 2.31. The molecule has 120 valence electrons. The molecule has 1 saturated carbocycles. The average molecular weight is 304 g/mol. The van der Waals surface area contributed by atoms with Gasteiger partial charge in [0.1, 0.15) is 12.4 Å². The molecule has 3 rings (SSSR count). The molecule has 5 nitrogen and oxygen atoms in total. The number of para-hydroxylation sites is 2. The van der Waals surface area contributed by atoms with Crippen molar-refractivity contribution < 1.29 is 14.3 Å². The summed E-state index contributed by atoms with van der Waals surface area (Å²) in [5, 5.41) is 2.94. The van der Waals surface area contributed by atoms with Crippen LogP contribution in [0.3, 0.4) is 0 Å². The summed E-state index contributed by atoms with van der Waals surface area (Å²) in [4.78, 5) is 12.4. The number of ether oxygens (including phenoxy) is 2. The van der Waals surface area contributed by atoms with E-state index in [1.54, 1.807) is 0 Å². The predicted octanol–water partition coefficient (Wildman–Crippen LogP) is 2.45. The fourth-order valence-corrected chi connectivity index (χ4v) is 3.13. The Balaban J connectivity index is 1.64. The van der Waals surface area contributed by atoms with Gasteiger partial charge >= 0.3 is 0 Å². The number of carbonyl (C=O) groups is 1. The zero-order valence-electron chi connectivity index (χ0n) is 12.8. The van der Waals surface area contributed by atoms with Crippen LogP contribution in [0.2, 0.25) is 0 Å². The first-order chi connectivity index (χ1) is 10.7. The fourth-order valence-electron chi connectivity index (χ4n) is 3.13. The first-order valence-electron chi connectivity index (χ1n) is 8.11. The molecule has 3 N–H and O–H groups in total. The first-order valence-corrected chi connectivity index (χ1v) is 8.11. The minimum absolute atomic E-state index is 0.113. The summed E-state index contributed by atoms with van der Waals surface area (Å²) in [6, 6.07) is 7.49. The second-order valence-corrected chi connectivity index (χ2v) is 6.26. The van der Waals surface area contributed by atoms with Crippen molar-refractivity contribution in [1.29, 1.82) is 0 Å². The van der Waals surface area contributed by atoms with E-state index in [9.17, 15) is 4.79 Å². The average Bonchev–Trinajstić information content (AvgIpc) is 3.18. The number of rotatable bonds is 5. The van der Waals surface area contributed by atoms with Crippen LogP contribution >= 0.6 is 0 Å². The Morgan fingerprint density at radius 2 is 2.09 bits per heavy atom. The number of amides is 1. The normalized spacial score (nSPS) is 23.4. The maximum atomic E-state index is 12.4. The molecule has 1 unspecified atom stereocenters. The van der Waals surface area contributed by atoms with E-state index in [1.165, 1.54) is 0 Å². The summed E-state index contributed by atoms with van der Waals surface area (Å²) < 4.78 is 11.4. The van der Waals surface area contributed by atoms with E-state index in [-0.39, 0.29) is 12.0 Å². The smallest absolute Gasteiger partial charge is 0.244 e. The van der Waals surface area contributed by atoms with Crippen LogP contribution in [0.5, 0.6) is 5.75 Å². The molecule has 1 saturated heterocycles. The van der Waals surface area contributed by atoms with Gasteiger partial charge in [-0.1, -0.05) is 25.0 Å². The third-order valence-corrected chi connectivity index (χ3v) is 4.53. The summed E-state index contributed by atoms with van der Waals surface area (Å²) in [5.74, 6) is 0.561. The molecule has 1 aromatic carbocycles. The molecule has 0 radical (unpaired) electrons. The molecule has 22 heavy (non-hydrogen) atoms. The van der Waals surface area contributed by atoms with Crippen LogP contribution in [-0.4, -0.2) is 30.8 Å². The molecule has 1 heterocycles. The van der Waals surface area contributed by atoms with Gasteiger partial charge in [0, 0.05) is 6.61 Å². The molecule has 2 fully saturated rings. The van der Waals surface area contributed by atoms with E-state index in [0.717, 1.165) is 45.1 Å². The van der Waals surface area contributed by atoms with E-state index in [4.69, 9.17) is 15.2 Å². The van der Waals surface area contributed by atoms with Gasteiger partial charge < -0.3 is 20.5 Å². The largest absolute Gasteiger partial charge is 0.489 e. The van der Waals surface area contributed by atoms with Crippen LogP contribution in [-0.2, 0) is 9.53 Å². The van der Waals surface area contributed by atoms with Crippen LogP contribution in [0.15, 0.2) is 24.3 Å². The lowest BCUT2D eigenvalue weighted by atomic mass is 9.98. The number of anilines is 1. The Hall–Kier alpha value is -1.59. The lowest BCUT2D eigenvalue weighted by Crippen LogP contribution is -2.48. The summed E-state index contributed by atoms with van der Waals surface area (Å²) >= 11 is 0. The molecule has 1 atom stereocenters. The second-order valence-electron chi connectivity index (χ2n) is 6.26. The molecule has 2 aliphatic rings. The van der Waals surface area contributed by atoms with Crippen LogP contribution in [0, 0.1) is 0 Å². The highest BCUT2D eigenvalue weighted by molar-refractivity contribution is 5.99. The predicted molar refractivity (Wildman–Crippen MR) is 84.9 cm³/mol. The minimum Gasteiger partial charge on any atom is -0.489 e. The zero-order chi connectivity index (χ0) is 15.4. The number of carbonyl (C=O) groups excluding carboxylic acids is 1. The molecule has 1 aliphatic carbocycles. The van der Waals surface area contributed by atoms with Gasteiger partial charge in [0.05, 0.1) is 17.3 Å². The van der Waals surface area contributed by atoms with Crippen molar-refractivity contribution in [2.75, 3.05) is 18.5 Å². The number of hydrogen-bond donors (Lipinski definition) is 2. The maximum absolute atomic E-state index is 12.4. The molecule has 1 amide bonds. The van der Waals surface area contributed by atoms with Gasteiger partial charge in [-0.25, -0.2) is 0 Å². The van der Waals surface area contributed by atoms with Crippen molar-refractivity contribution in [2.45, 2.75) is 50.2 Å². The van der Waals surface area contributed by atoms with Gasteiger partial charge in [-0.05, 0) is 37.8 Å². The van der Waals surface area contributed by atoms with Crippen molar-refractivity contribution in [2.24, 2.45) is 5.73 Å². The first kappa shape index (κ1) is 15.3. The van der Waals surface area contributed by atoms with Gasteiger partial charge in [-0.3, -0.25) is 4.79 Å². The standard InChI is InChI=1S/C17H24N2O3/c18-17(9-3-4-10-17)16(20)19-14-7-1-2-8-15(14)22-12-13-6-5-11-21-13/h1-2,7-8,13H,3-6,9-12,18H2,(H,19,20). The van der Waals surface area contributed by atoms with Gasteiger partial charge in [-0.15, -0.1) is 0 Å². The van der Waals surface area contributed by atoms with Gasteiger partial charge in [0.2, 0.25) is 5.91 Å². The van der Waals surface area contributed by atoms with E-state index in [2.05, 4.69) is 5.32 Å². The molecular weight excluding hydrogens is 280 g/mol. The number of nitrogens with two attached hydrogens (primary N) is 1. The Kier molecular flexibility index (Phi) is 4.64. The molecular formula is C17H24N2O3. The number of benzene rings is 1. The van der Waals surface area contributed by atoms with E-state index in [0.29, 0.717) is 18.0 Å². The molecule has 1 aliphatic heterocycles. The number of nitrogens with one attached hydrogen (secondary N) is 1. The van der Waals surface area contributed by atoms with Crippen molar-refractivity contribution in [3.8, 4) is 5.75 Å². The molecule has 1 aromatic rings. The highest BCUT2D eigenvalue weighted by Gasteiger charge is 2.37. The maximum Gasteiger partial charge on any atom is 0.244 e. The minimum atomic E-state index is -0.734. The summed E-state index contributed by atoms with van der Waals surface area (Å²) in [5.41, 5.74) is 6.15. The Morgan fingerprint density at radius 3 is 2.82 bits per heavy atom. The summed E-state index contributed by atoms with van der Waals surface area (Å²) in [6.45, 7) is 1.32. The lowest BCUT2D eigenvalue weighted by molar-refractivity contribution is -0.121. The zero-order valence-corrected chi connectivity index (χ0v) is 12.8. The molecule has 5 heteroatoms. The second kappa shape index (κ2) is 6.67. The van der Waals surface area contributed by atoms with Crippen LogP contribution in [0.1, 0.15) is 38.5 Å². The van der Waals surface area contributed by atoms with E-state index >= 15 is 0 Å². The van der Waals surface area contributed by atoms with Crippen molar-refractivity contribution in [3.05, 3.63) is 24.3 Å². The van der Waals surface area contributed by atoms with E-state index < -0.39 is 5.54 Å². The summed E-state index contributed by atoms with van der Waals surface area (Å²) in [7, 11) is 0. The molecule has 0 spiro atoms. The fraction of sp³-hybridized carbons (Fsp3) is 0.588. The Morgan fingerprint density at radius 1 is 1.32 bits per heavy atom. The van der Waals surface area contributed by atoms with E-state index in [1.807, 2.05) is 24.3 Å². The Bertz CT molecular complexity index is 520. The van der Waals surface area contributed by atoms with Crippen LogP contribution in [0.4, 0.5) is 5.69 Å². The molecule has 0 bridgehead atoms. The third-order valence-electron chi connectivity index (χ3n) is 4.53. The quantitative estimate of drug-likeness (QED) is 0.876. The van der Waals surface area contributed by atoms with Crippen LogP contribution < -0.4 is 15.8 Å². The monoisotopic (exact) mass is 304 g/mol. The third kappa shape index (κ3) is 3.42.